The first kappa shape index (κ1) is 8.53. The highest BCUT2D eigenvalue weighted by Gasteiger charge is 1.99. The number of halogens is 1. The van der Waals surface area contributed by atoms with Crippen LogP contribution in [0, 0.1) is 4.71 Å². The van der Waals surface area contributed by atoms with Crippen molar-refractivity contribution in [2.24, 2.45) is 0 Å². The Morgan fingerprint density at radius 3 is 2.46 bits per heavy atom. The normalized spacial score (nSPS) is 10.2. The van der Waals surface area contributed by atoms with E-state index in [4.69, 9.17) is 28.3 Å². The van der Waals surface area contributed by atoms with Gasteiger partial charge in [0.1, 0.15) is 0 Å². The first-order valence-corrected chi connectivity index (χ1v) is 4.49. The molecule has 1 N–H and O–H groups in total. The minimum absolute atomic E-state index is 0.449. The Morgan fingerprint density at radius 2 is 1.92 bits per heavy atom. The molecule has 0 fully saturated rings. The third-order valence-electron chi connectivity index (χ3n) is 1.68. The molecule has 0 radical (unpaired) electrons. The lowest BCUT2D eigenvalue weighted by atomic mass is 10.2. The van der Waals surface area contributed by atoms with E-state index in [1.165, 1.54) is 0 Å². The quantitative estimate of drug-likeness (QED) is 0.730. The molecule has 0 unspecified atom stereocenters. The van der Waals surface area contributed by atoms with Crippen molar-refractivity contribution < 1.29 is 4.52 Å². The maximum Gasteiger partial charge on any atom is 0.220 e. The monoisotopic (exact) mass is 211 g/mol. The number of aromatic nitrogens is 1. The molecule has 2 aromatic rings. The number of rotatable bonds is 1. The Bertz CT molecular complexity index is 457. The molecule has 0 saturated carbocycles. The topological polar surface area (TPSA) is 28.9 Å². The van der Waals surface area contributed by atoms with Crippen LogP contribution in [0.25, 0.3) is 11.3 Å². The average molecular weight is 212 g/mol. The van der Waals surface area contributed by atoms with E-state index in [9.17, 15) is 0 Å². The lowest BCUT2D eigenvalue weighted by molar-refractivity contribution is 0.410. The van der Waals surface area contributed by atoms with Crippen LogP contribution in [0.3, 0.4) is 0 Å². The van der Waals surface area contributed by atoms with Crippen molar-refractivity contribution in [2.75, 3.05) is 0 Å². The van der Waals surface area contributed by atoms with Crippen LogP contribution in [0.2, 0.25) is 5.02 Å². The van der Waals surface area contributed by atoms with Gasteiger partial charge in [-0.25, -0.2) is 5.16 Å². The van der Waals surface area contributed by atoms with Crippen LogP contribution < -0.4 is 0 Å². The zero-order chi connectivity index (χ0) is 9.26. The number of benzene rings is 1. The molecule has 2 rings (SSSR count). The van der Waals surface area contributed by atoms with Gasteiger partial charge in [-0.2, -0.15) is 0 Å². The molecule has 0 bridgehead atoms. The Kier molecular flexibility index (Phi) is 2.20. The van der Waals surface area contributed by atoms with E-state index in [1.807, 2.05) is 24.3 Å². The molecule has 1 heterocycles. The fourth-order valence-corrected chi connectivity index (χ4v) is 1.34. The smallest absolute Gasteiger partial charge is 0.220 e. The molecule has 0 aliphatic heterocycles. The highest BCUT2D eigenvalue weighted by Crippen LogP contribution is 2.19. The van der Waals surface area contributed by atoms with Gasteiger partial charge in [-0.05, 0) is 24.4 Å². The Morgan fingerprint density at radius 1 is 1.23 bits per heavy atom. The summed E-state index contributed by atoms with van der Waals surface area (Å²) in [6.07, 6.45) is 0. The van der Waals surface area contributed by atoms with Crippen LogP contribution in [0.5, 0.6) is 0 Å². The molecular formula is C9H6ClNOS. The molecule has 0 atom stereocenters. The minimum atomic E-state index is 0.449. The zero-order valence-corrected chi connectivity index (χ0v) is 8.15. The number of hydrogen-bond acceptors (Lipinski definition) is 2. The molecule has 4 heteroatoms. The van der Waals surface area contributed by atoms with Gasteiger partial charge in [-0.1, -0.05) is 23.7 Å². The lowest BCUT2D eigenvalue weighted by Crippen LogP contribution is -1.74. The largest absolute Gasteiger partial charge is 0.370 e. The van der Waals surface area contributed by atoms with Crippen molar-refractivity contribution in [1.82, 2.24) is 5.16 Å². The van der Waals surface area contributed by atoms with Gasteiger partial charge in [-0.15, -0.1) is 0 Å². The van der Waals surface area contributed by atoms with Crippen LogP contribution in [0.1, 0.15) is 0 Å². The van der Waals surface area contributed by atoms with Crippen molar-refractivity contribution >= 4 is 23.8 Å². The second kappa shape index (κ2) is 3.36. The molecule has 0 aliphatic carbocycles. The van der Waals surface area contributed by atoms with Crippen molar-refractivity contribution in [3.05, 3.63) is 40.1 Å². The van der Waals surface area contributed by atoms with Crippen molar-refractivity contribution in [3.8, 4) is 11.3 Å². The van der Waals surface area contributed by atoms with E-state index in [-0.39, 0.29) is 0 Å². The molecule has 1 aromatic carbocycles. The highest BCUT2D eigenvalue weighted by atomic mass is 35.5. The van der Waals surface area contributed by atoms with Crippen molar-refractivity contribution in [1.29, 1.82) is 0 Å². The Hall–Kier alpha value is -1.06. The van der Waals surface area contributed by atoms with Crippen LogP contribution in [-0.4, -0.2) is 5.16 Å². The SMILES string of the molecule is S=c1cc(-c2ccc(Cl)cc2)[nH]o1. The number of aromatic amines is 1. The standard InChI is InChI=1S/C9H6ClNOS/c10-7-3-1-6(2-4-7)8-5-9(13)12-11-8/h1-5,11H. The van der Waals surface area contributed by atoms with E-state index in [0.717, 1.165) is 11.3 Å². The second-order valence-corrected chi connectivity index (χ2v) is 3.43. The van der Waals surface area contributed by atoms with Gasteiger partial charge in [0.25, 0.3) is 0 Å². The maximum absolute atomic E-state index is 5.75. The van der Waals surface area contributed by atoms with Gasteiger partial charge in [0.05, 0.1) is 5.69 Å². The van der Waals surface area contributed by atoms with Crippen molar-refractivity contribution in [2.45, 2.75) is 0 Å². The number of hydrogen-bond donors (Lipinski definition) is 1. The molecule has 0 spiro atoms. The fraction of sp³-hybridized carbons (Fsp3) is 0. The summed E-state index contributed by atoms with van der Waals surface area (Å²) in [5, 5.41) is 3.43. The predicted molar refractivity (Wildman–Crippen MR) is 54.3 cm³/mol. The predicted octanol–water partition coefficient (Wildman–Crippen LogP) is 3.66. The summed E-state index contributed by atoms with van der Waals surface area (Å²) in [6, 6.07) is 9.21. The molecule has 0 amide bonds. The molecule has 13 heavy (non-hydrogen) atoms. The molecule has 0 saturated heterocycles. The highest BCUT2D eigenvalue weighted by molar-refractivity contribution is 7.71. The fourth-order valence-electron chi connectivity index (χ4n) is 1.05. The number of nitrogens with one attached hydrogen (secondary N) is 1. The minimum Gasteiger partial charge on any atom is -0.370 e. The number of H-pyrrole nitrogens is 1. The zero-order valence-electron chi connectivity index (χ0n) is 6.58. The summed E-state index contributed by atoms with van der Waals surface area (Å²) in [5.74, 6) is 0. The van der Waals surface area contributed by atoms with E-state index >= 15 is 0 Å². The molecule has 1 aromatic heterocycles. The maximum atomic E-state index is 5.75. The van der Waals surface area contributed by atoms with Gasteiger partial charge in [0.2, 0.25) is 4.71 Å². The summed E-state index contributed by atoms with van der Waals surface area (Å²) >= 11 is 10.6. The third kappa shape index (κ3) is 1.82. The summed E-state index contributed by atoms with van der Waals surface area (Å²) in [6.45, 7) is 0. The van der Waals surface area contributed by atoms with Gasteiger partial charge in [-0.3, -0.25) is 0 Å². The van der Waals surface area contributed by atoms with Crippen LogP contribution >= 0.6 is 23.8 Å². The summed E-state index contributed by atoms with van der Waals surface area (Å²) in [5.41, 5.74) is 1.87. The van der Waals surface area contributed by atoms with Crippen LogP contribution in [0.15, 0.2) is 34.9 Å². The summed E-state index contributed by atoms with van der Waals surface area (Å²) in [4.78, 5) is 0. The molecule has 66 valence electrons. The molecule has 0 aliphatic rings. The third-order valence-corrected chi connectivity index (χ3v) is 2.13. The molecular weight excluding hydrogens is 206 g/mol. The van der Waals surface area contributed by atoms with Gasteiger partial charge in [0, 0.05) is 16.7 Å². The summed E-state index contributed by atoms with van der Waals surface area (Å²) in [7, 11) is 0. The average Bonchev–Trinajstić information content (AvgIpc) is 2.53. The van der Waals surface area contributed by atoms with E-state index in [1.54, 1.807) is 6.07 Å². The first-order chi connectivity index (χ1) is 6.25. The van der Waals surface area contributed by atoms with Crippen LogP contribution in [-0.2, 0) is 0 Å². The Labute approximate surface area is 85.1 Å². The Balaban J connectivity index is 2.47. The summed E-state index contributed by atoms with van der Waals surface area (Å²) < 4.78 is 5.35. The van der Waals surface area contributed by atoms with Gasteiger partial charge in [0.15, 0.2) is 0 Å². The van der Waals surface area contributed by atoms with E-state index in [0.29, 0.717) is 9.73 Å². The van der Waals surface area contributed by atoms with Crippen molar-refractivity contribution in [3.63, 3.8) is 0 Å². The van der Waals surface area contributed by atoms with E-state index < -0.39 is 0 Å². The van der Waals surface area contributed by atoms with Gasteiger partial charge < -0.3 is 4.52 Å². The van der Waals surface area contributed by atoms with E-state index in [2.05, 4.69) is 5.16 Å². The molecule has 2 nitrogen and oxygen atoms in total. The second-order valence-electron chi connectivity index (χ2n) is 2.59. The van der Waals surface area contributed by atoms with Crippen LogP contribution in [0.4, 0.5) is 0 Å². The first-order valence-electron chi connectivity index (χ1n) is 3.70. The van der Waals surface area contributed by atoms with Gasteiger partial charge >= 0.3 is 0 Å². The lowest BCUT2D eigenvalue weighted by Gasteiger charge is -1.94.